The van der Waals surface area contributed by atoms with Crippen LogP contribution in [0.1, 0.15) is 22.8 Å². The Labute approximate surface area is 153 Å². The van der Waals surface area contributed by atoms with Gasteiger partial charge in [0.05, 0.1) is 11.4 Å². The Morgan fingerprint density at radius 3 is 2.26 bits per heavy atom. The fourth-order valence-electron chi connectivity index (χ4n) is 2.51. The largest absolute Gasteiger partial charge is 0.493 e. The summed E-state index contributed by atoms with van der Waals surface area (Å²) < 4.78 is 0.953. The number of benzene rings is 2. The second kappa shape index (κ2) is 7.52. The number of rotatable bonds is 4. The van der Waals surface area contributed by atoms with Gasteiger partial charge in [0, 0.05) is 5.56 Å². The maximum absolute atomic E-state index is 12.2. The number of hydrogen-bond acceptors (Lipinski definition) is 5. The lowest BCUT2D eigenvalue weighted by atomic mass is 10.2. The van der Waals surface area contributed by atoms with Crippen molar-refractivity contribution < 1.29 is 9.90 Å². The van der Waals surface area contributed by atoms with E-state index in [2.05, 4.69) is 15.5 Å². The van der Waals surface area contributed by atoms with Crippen LogP contribution in [0.15, 0.2) is 75.4 Å². The zero-order chi connectivity index (χ0) is 19.4. The molecule has 2 aromatic carbocycles. The normalized spacial score (nSPS) is 11.2. The van der Waals surface area contributed by atoms with Crippen molar-refractivity contribution in [1.82, 2.24) is 15.0 Å². The summed E-state index contributed by atoms with van der Waals surface area (Å²) in [6, 6.07) is 16.7. The molecule has 3 rings (SSSR count). The molecular weight excluding hydrogens is 348 g/mol. The van der Waals surface area contributed by atoms with Crippen LogP contribution in [0.2, 0.25) is 0 Å². The van der Waals surface area contributed by atoms with E-state index in [1.165, 1.54) is 6.92 Å². The lowest BCUT2D eigenvalue weighted by Crippen LogP contribution is -2.33. The van der Waals surface area contributed by atoms with Crippen molar-refractivity contribution in [2.45, 2.75) is 6.92 Å². The van der Waals surface area contributed by atoms with Gasteiger partial charge in [0.25, 0.3) is 11.5 Å². The summed E-state index contributed by atoms with van der Waals surface area (Å²) in [6.45, 7) is 1.44. The van der Waals surface area contributed by atoms with E-state index >= 15 is 0 Å². The Morgan fingerprint density at radius 1 is 1.04 bits per heavy atom. The standard InChI is InChI=1S/C19H16N4O4/c1-12(21-22-16(24)13-8-4-2-5-9-13)15-17(25)20-19(27)23(18(15)26)14-10-6-3-7-11-14/h2-11,26H,1H3,(H,22,24)(H,20,25,27)/b21-12-. The zero-order valence-electron chi connectivity index (χ0n) is 14.3. The minimum Gasteiger partial charge on any atom is -0.493 e. The highest BCUT2D eigenvalue weighted by Crippen LogP contribution is 2.16. The van der Waals surface area contributed by atoms with Gasteiger partial charge in [-0.3, -0.25) is 14.6 Å². The average Bonchev–Trinajstić information content (AvgIpc) is 2.67. The molecular formula is C19H16N4O4. The summed E-state index contributed by atoms with van der Waals surface area (Å²) >= 11 is 0. The third kappa shape index (κ3) is 3.69. The molecule has 0 radical (unpaired) electrons. The van der Waals surface area contributed by atoms with E-state index in [0.717, 1.165) is 4.57 Å². The molecule has 1 aromatic heterocycles. The van der Waals surface area contributed by atoms with Crippen LogP contribution in [-0.4, -0.2) is 26.3 Å². The first-order chi connectivity index (χ1) is 13.0. The fourth-order valence-corrected chi connectivity index (χ4v) is 2.51. The Bertz CT molecular complexity index is 1120. The molecule has 0 unspecified atom stereocenters. The molecule has 0 atom stereocenters. The average molecular weight is 364 g/mol. The van der Waals surface area contributed by atoms with Crippen molar-refractivity contribution in [3.8, 4) is 11.6 Å². The maximum Gasteiger partial charge on any atom is 0.335 e. The quantitative estimate of drug-likeness (QED) is 0.479. The molecule has 0 saturated carbocycles. The summed E-state index contributed by atoms with van der Waals surface area (Å²) in [5, 5.41) is 14.4. The van der Waals surface area contributed by atoms with Gasteiger partial charge in [-0.1, -0.05) is 36.4 Å². The van der Waals surface area contributed by atoms with Gasteiger partial charge in [0.2, 0.25) is 5.88 Å². The number of aromatic nitrogens is 2. The van der Waals surface area contributed by atoms with E-state index in [9.17, 15) is 19.5 Å². The second-order valence-electron chi connectivity index (χ2n) is 5.63. The van der Waals surface area contributed by atoms with E-state index in [1.54, 1.807) is 60.7 Å². The number of hydrogen-bond donors (Lipinski definition) is 3. The molecule has 3 aromatic rings. The van der Waals surface area contributed by atoms with Crippen molar-refractivity contribution in [3.63, 3.8) is 0 Å². The zero-order valence-corrected chi connectivity index (χ0v) is 14.3. The molecule has 0 fully saturated rings. The van der Waals surface area contributed by atoms with Gasteiger partial charge in [-0.25, -0.2) is 14.8 Å². The van der Waals surface area contributed by atoms with E-state index in [0.29, 0.717) is 11.3 Å². The Morgan fingerprint density at radius 2 is 1.63 bits per heavy atom. The van der Waals surface area contributed by atoms with E-state index < -0.39 is 23.0 Å². The van der Waals surface area contributed by atoms with Crippen molar-refractivity contribution >= 4 is 11.6 Å². The van der Waals surface area contributed by atoms with Gasteiger partial charge in [-0.15, -0.1) is 0 Å². The molecule has 0 bridgehead atoms. The van der Waals surface area contributed by atoms with Crippen LogP contribution < -0.4 is 16.7 Å². The summed E-state index contributed by atoms with van der Waals surface area (Å²) in [6.07, 6.45) is 0. The SMILES string of the molecule is C/C(=N/NC(=O)c1ccccc1)c1c(O)n(-c2ccccc2)c(=O)[nH]c1=O. The highest BCUT2D eigenvalue weighted by molar-refractivity contribution is 6.02. The Balaban J connectivity index is 2.00. The van der Waals surface area contributed by atoms with Gasteiger partial charge < -0.3 is 5.11 Å². The first kappa shape index (κ1) is 17.9. The molecule has 8 nitrogen and oxygen atoms in total. The van der Waals surface area contributed by atoms with Crippen molar-refractivity contribution in [2.75, 3.05) is 0 Å². The summed E-state index contributed by atoms with van der Waals surface area (Å²) in [4.78, 5) is 38.5. The van der Waals surface area contributed by atoms with Gasteiger partial charge in [0.1, 0.15) is 5.56 Å². The summed E-state index contributed by atoms with van der Waals surface area (Å²) in [5.41, 5.74) is 1.33. The fraction of sp³-hybridized carbons (Fsp3) is 0.0526. The highest BCUT2D eigenvalue weighted by atomic mass is 16.3. The molecule has 1 heterocycles. The molecule has 0 aliphatic heterocycles. The summed E-state index contributed by atoms with van der Waals surface area (Å²) in [7, 11) is 0. The number of nitrogens with zero attached hydrogens (tertiary/aromatic N) is 2. The number of carbonyl (C=O) groups excluding carboxylic acids is 1. The van der Waals surface area contributed by atoms with E-state index in [1.807, 2.05) is 0 Å². The number of amides is 1. The van der Waals surface area contributed by atoms with Crippen LogP contribution in [-0.2, 0) is 0 Å². The topological polar surface area (TPSA) is 117 Å². The number of para-hydroxylation sites is 1. The predicted molar refractivity (Wildman–Crippen MR) is 100 cm³/mol. The molecule has 136 valence electrons. The van der Waals surface area contributed by atoms with Crippen LogP contribution in [0, 0.1) is 0 Å². The van der Waals surface area contributed by atoms with E-state index in [-0.39, 0.29) is 11.3 Å². The summed E-state index contributed by atoms with van der Waals surface area (Å²) in [5.74, 6) is -1.03. The van der Waals surface area contributed by atoms with Crippen LogP contribution in [0.3, 0.4) is 0 Å². The number of H-pyrrole nitrogens is 1. The predicted octanol–water partition coefficient (Wildman–Crippen LogP) is 1.39. The third-order valence-corrected chi connectivity index (χ3v) is 3.82. The highest BCUT2D eigenvalue weighted by Gasteiger charge is 2.18. The third-order valence-electron chi connectivity index (χ3n) is 3.82. The van der Waals surface area contributed by atoms with E-state index in [4.69, 9.17) is 0 Å². The van der Waals surface area contributed by atoms with Crippen molar-refractivity contribution in [2.24, 2.45) is 5.10 Å². The van der Waals surface area contributed by atoms with Gasteiger partial charge in [0.15, 0.2) is 0 Å². The van der Waals surface area contributed by atoms with Crippen LogP contribution in [0.5, 0.6) is 5.88 Å². The van der Waals surface area contributed by atoms with Gasteiger partial charge >= 0.3 is 5.69 Å². The minimum atomic E-state index is -0.806. The molecule has 0 aliphatic carbocycles. The second-order valence-corrected chi connectivity index (χ2v) is 5.63. The lowest BCUT2D eigenvalue weighted by molar-refractivity contribution is 0.0955. The van der Waals surface area contributed by atoms with Crippen LogP contribution in [0.4, 0.5) is 0 Å². The van der Waals surface area contributed by atoms with Gasteiger partial charge in [-0.2, -0.15) is 5.10 Å². The number of carbonyl (C=O) groups is 1. The molecule has 0 saturated heterocycles. The van der Waals surface area contributed by atoms with Crippen molar-refractivity contribution in [3.05, 3.63) is 92.6 Å². The molecule has 8 heteroatoms. The lowest BCUT2D eigenvalue weighted by Gasteiger charge is -2.11. The first-order valence-electron chi connectivity index (χ1n) is 8.03. The molecule has 3 N–H and O–H groups in total. The maximum atomic E-state index is 12.2. The monoisotopic (exact) mass is 364 g/mol. The van der Waals surface area contributed by atoms with Crippen LogP contribution >= 0.6 is 0 Å². The Kier molecular flexibility index (Phi) is 4.98. The Hall–Kier alpha value is -3.94. The van der Waals surface area contributed by atoms with Crippen molar-refractivity contribution in [1.29, 1.82) is 0 Å². The molecule has 0 aliphatic rings. The first-order valence-corrected chi connectivity index (χ1v) is 8.03. The minimum absolute atomic E-state index is 0.0442. The number of aromatic amines is 1. The smallest absolute Gasteiger partial charge is 0.335 e. The number of aromatic hydroxyl groups is 1. The number of nitrogens with one attached hydrogen (secondary N) is 2. The molecule has 27 heavy (non-hydrogen) atoms. The molecule has 0 spiro atoms. The van der Waals surface area contributed by atoms with Gasteiger partial charge in [-0.05, 0) is 31.2 Å². The molecule has 1 amide bonds. The van der Waals surface area contributed by atoms with Crippen LogP contribution in [0.25, 0.3) is 5.69 Å². The number of hydrazone groups is 1.